The second-order valence-electron chi connectivity index (χ2n) is 6.19. The van der Waals surface area contributed by atoms with Crippen LogP contribution in [0.4, 0.5) is 0 Å². The van der Waals surface area contributed by atoms with Crippen molar-refractivity contribution >= 4 is 0 Å². The van der Waals surface area contributed by atoms with Crippen LogP contribution in [0.5, 0.6) is 5.75 Å². The van der Waals surface area contributed by atoms with Crippen LogP contribution in [0.1, 0.15) is 64.0 Å². The third-order valence-corrected chi connectivity index (χ3v) is 4.15. The second-order valence-corrected chi connectivity index (χ2v) is 6.19. The van der Waals surface area contributed by atoms with Crippen LogP contribution in [0.3, 0.4) is 0 Å². The van der Waals surface area contributed by atoms with Gasteiger partial charge in [0.15, 0.2) is 0 Å². The molecule has 0 radical (unpaired) electrons. The molecule has 0 aliphatic heterocycles. The Morgan fingerprint density at radius 3 is 2.35 bits per heavy atom. The summed E-state index contributed by atoms with van der Waals surface area (Å²) < 4.78 is 5.68. The third-order valence-electron chi connectivity index (χ3n) is 4.15. The summed E-state index contributed by atoms with van der Waals surface area (Å²) in [6.07, 6.45) is 8.22. The van der Waals surface area contributed by atoms with Crippen molar-refractivity contribution in [2.24, 2.45) is 11.8 Å². The first-order valence-electron chi connectivity index (χ1n) is 7.91. The number of hydrogen-bond donors (Lipinski definition) is 2. The Kier molecular flexibility index (Phi) is 5.86. The number of ether oxygens (including phenoxy) is 1. The van der Waals surface area contributed by atoms with Gasteiger partial charge in [-0.3, -0.25) is 11.3 Å². The van der Waals surface area contributed by atoms with Crippen molar-refractivity contribution in [1.29, 1.82) is 0 Å². The predicted octanol–water partition coefficient (Wildman–Crippen LogP) is 3.95. The molecule has 1 fully saturated rings. The zero-order valence-corrected chi connectivity index (χ0v) is 12.8. The largest absolute Gasteiger partial charge is 0.491 e. The fourth-order valence-corrected chi connectivity index (χ4v) is 3.11. The van der Waals surface area contributed by atoms with E-state index in [9.17, 15) is 0 Å². The molecule has 1 unspecified atom stereocenters. The van der Waals surface area contributed by atoms with E-state index in [2.05, 4.69) is 17.6 Å². The summed E-state index contributed by atoms with van der Waals surface area (Å²) in [4.78, 5) is 0. The van der Waals surface area contributed by atoms with Gasteiger partial charge in [0.2, 0.25) is 0 Å². The maximum Gasteiger partial charge on any atom is 0.119 e. The van der Waals surface area contributed by atoms with Crippen LogP contribution in [0.25, 0.3) is 0 Å². The van der Waals surface area contributed by atoms with Crippen molar-refractivity contribution in [3.63, 3.8) is 0 Å². The third kappa shape index (κ3) is 4.50. The quantitative estimate of drug-likeness (QED) is 0.611. The first kappa shape index (κ1) is 15.3. The van der Waals surface area contributed by atoms with Gasteiger partial charge in [0, 0.05) is 6.04 Å². The first-order valence-corrected chi connectivity index (χ1v) is 7.91. The monoisotopic (exact) mass is 276 g/mol. The molecular weight excluding hydrogens is 248 g/mol. The number of nitrogens with one attached hydrogen (secondary N) is 1. The number of rotatable bonds is 6. The SMILES string of the molecule is CC(C)Oc1ccc(C(CC2CCCCC2)NN)cc1. The van der Waals surface area contributed by atoms with E-state index >= 15 is 0 Å². The molecule has 0 spiro atoms. The lowest BCUT2D eigenvalue weighted by Gasteiger charge is -2.26. The topological polar surface area (TPSA) is 47.3 Å². The molecule has 1 aliphatic carbocycles. The van der Waals surface area contributed by atoms with Crippen LogP contribution in [0, 0.1) is 5.92 Å². The maximum atomic E-state index is 5.76. The van der Waals surface area contributed by atoms with Gasteiger partial charge in [-0.1, -0.05) is 44.2 Å². The zero-order valence-electron chi connectivity index (χ0n) is 12.8. The van der Waals surface area contributed by atoms with Gasteiger partial charge in [-0.2, -0.15) is 0 Å². The number of hydrazine groups is 1. The van der Waals surface area contributed by atoms with Crippen LogP contribution < -0.4 is 16.0 Å². The van der Waals surface area contributed by atoms with E-state index in [4.69, 9.17) is 10.6 Å². The van der Waals surface area contributed by atoms with Crippen molar-refractivity contribution in [2.75, 3.05) is 0 Å². The highest BCUT2D eigenvalue weighted by Crippen LogP contribution is 2.32. The molecule has 0 bridgehead atoms. The fourth-order valence-electron chi connectivity index (χ4n) is 3.11. The van der Waals surface area contributed by atoms with Crippen LogP contribution >= 0.6 is 0 Å². The summed E-state index contributed by atoms with van der Waals surface area (Å²) in [6.45, 7) is 4.09. The Labute approximate surface area is 122 Å². The van der Waals surface area contributed by atoms with Gasteiger partial charge in [0.1, 0.15) is 5.75 Å². The van der Waals surface area contributed by atoms with E-state index in [1.54, 1.807) is 0 Å². The molecule has 20 heavy (non-hydrogen) atoms. The first-order chi connectivity index (χ1) is 9.69. The fraction of sp³-hybridized carbons (Fsp3) is 0.647. The molecule has 1 aliphatic rings. The van der Waals surface area contributed by atoms with Gasteiger partial charge in [-0.05, 0) is 43.9 Å². The molecule has 0 heterocycles. The molecule has 0 aromatic heterocycles. The van der Waals surface area contributed by atoms with E-state index in [0.717, 1.165) is 18.1 Å². The van der Waals surface area contributed by atoms with E-state index in [0.29, 0.717) is 0 Å². The number of nitrogens with two attached hydrogens (primary N) is 1. The minimum absolute atomic E-state index is 0.214. The van der Waals surface area contributed by atoms with Gasteiger partial charge in [0.05, 0.1) is 6.10 Å². The maximum absolute atomic E-state index is 5.76. The summed E-state index contributed by atoms with van der Waals surface area (Å²) in [5.74, 6) is 7.50. The van der Waals surface area contributed by atoms with Gasteiger partial charge in [-0.25, -0.2) is 0 Å². The van der Waals surface area contributed by atoms with Crippen LogP contribution in [-0.4, -0.2) is 6.10 Å². The van der Waals surface area contributed by atoms with Crippen molar-refractivity contribution in [1.82, 2.24) is 5.43 Å². The lowest BCUT2D eigenvalue weighted by Crippen LogP contribution is -2.30. The average Bonchev–Trinajstić information content (AvgIpc) is 2.46. The molecular formula is C17H28N2O. The molecule has 1 atom stereocenters. The summed E-state index contributed by atoms with van der Waals surface area (Å²) in [5.41, 5.74) is 4.24. The standard InChI is InChI=1S/C17H28N2O/c1-13(2)20-16-10-8-15(9-11-16)17(19-18)12-14-6-4-3-5-7-14/h8-11,13-14,17,19H,3-7,12,18H2,1-2H3. The molecule has 3 N–H and O–H groups in total. The zero-order chi connectivity index (χ0) is 14.4. The second kappa shape index (κ2) is 7.65. The molecule has 0 amide bonds. The van der Waals surface area contributed by atoms with E-state index in [-0.39, 0.29) is 12.1 Å². The minimum Gasteiger partial charge on any atom is -0.491 e. The summed E-state index contributed by atoms with van der Waals surface area (Å²) in [5, 5.41) is 0. The predicted molar refractivity (Wildman–Crippen MR) is 83.5 cm³/mol. The Balaban J connectivity index is 1.95. The molecule has 0 saturated heterocycles. The lowest BCUT2D eigenvalue weighted by molar-refractivity contribution is 0.242. The van der Waals surface area contributed by atoms with Gasteiger partial charge < -0.3 is 4.74 Å². The molecule has 3 heteroatoms. The van der Waals surface area contributed by atoms with Gasteiger partial charge >= 0.3 is 0 Å². The van der Waals surface area contributed by atoms with Crippen LogP contribution in [0.15, 0.2) is 24.3 Å². The Morgan fingerprint density at radius 2 is 1.80 bits per heavy atom. The van der Waals surface area contributed by atoms with Gasteiger partial charge in [0.25, 0.3) is 0 Å². The molecule has 112 valence electrons. The van der Waals surface area contributed by atoms with Crippen molar-refractivity contribution < 1.29 is 4.74 Å². The Bertz CT molecular complexity index is 382. The highest BCUT2D eigenvalue weighted by molar-refractivity contribution is 5.29. The van der Waals surface area contributed by atoms with E-state index in [1.165, 1.54) is 37.7 Å². The highest BCUT2D eigenvalue weighted by Gasteiger charge is 2.19. The van der Waals surface area contributed by atoms with Crippen molar-refractivity contribution in [3.05, 3.63) is 29.8 Å². The Hall–Kier alpha value is -1.06. The highest BCUT2D eigenvalue weighted by atomic mass is 16.5. The number of hydrogen-bond acceptors (Lipinski definition) is 3. The van der Waals surface area contributed by atoms with E-state index < -0.39 is 0 Å². The lowest BCUT2D eigenvalue weighted by atomic mass is 9.83. The average molecular weight is 276 g/mol. The normalized spacial score (nSPS) is 18.2. The van der Waals surface area contributed by atoms with Crippen molar-refractivity contribution in [2.45, 2.75) is 64.5 Å². The van der Waals surface area contributed by atoms with Crippen LogP contribution in [0.2, 0.25) is 0 Å². The van der Waals surface area contributed by atoms with E-state index in [1.807, 2.05) is 26.0 Å². The number of benzene rings is 1. The van der Waals surface area contributed by atoms with Crippen LogP contribution in [-0.2, 0) is 0 Å². The molecule has 2 rings (SSSR count). The van der Waals surface area contributed by atoms with Crippen molar-refractivity contribution in [3.8, 4) is 5.75 Å². The smallest absolute Gasteiger partial charge is 0.119 e. The van der Waals surface area contributed by atoms with Gasteiger partial charge in [-0.15, -0.1) is 0 Å². The minimum atomic E-state index is 0.214. The summed E-state index contributed by atoms with van der Waals surface area (Å²) >= 11 is 0. The summed E-state index contributed by atoms with van der Waals surface area (Å²) in [7, 11) is 0. The molecule has 1 aromatic rings. The summed E-state index contributed by atoms with van der Waals surface area (Å²) in [6, 6.07) is 8.60. The molecule has 3 nitrogen and oxygen atoms in total. The molecule has 1 aromatic carbocycles. The Morgan fingerprint density at radius 1 is 1.15 bits per heavy atom. The molecule has 1 saturated carbocycles.